The lowest BCUT2D eigenvalue weighted by atomic mass is 10.2. The average Bonchev–Trinajstić information content (AvgIpc) is 2.16. The summed E-state index contributed by atoms with van der Waals surface area (Å²) >= 11 is 0. The van der Waals surface area contributed by atoms with Crippen molar-refractivity contribution in [3.63, 3.8) is 0 Å². The minimum absolute atomic E-state index is 0.0661. The molecule has 0 aromatic heterocycles. The molecule has 0 radical (unpaired) electrons. The zero-order chi connectivity index (χ0) is 10.4. The Morgan fingerprint density at radius 3 is 2.50 bits per heavy atom. The third-order valence-electron chi connectivity index (χ3n) is 1.71. The van der Waals surface area contributed by atoms with Gasteiger partial charge < -0.3 is 10.4 Å². The van der Waals surface area contributed by atoms with E-state index in [2.05, 4.69) is 5.32 Å². The highest BCUT2D eigenvalue weighted by Gasteiger charge is 2.00. The van der Waals surface area contributed by atoms with E-state index in [0.717, 1.165) is 5.69 Å². The van der Waals surface area contributed by atoms with E-state index in [4.69, 9.17) is 5.11 Å². The summed E-state index contributed by atoms with van der Waals surface area (Å²) in [6, 6.07) is 6.91. The maximum atomic E-state index is 10.2. The van der Waals surface area contributed by atoms with Crippen molar-refractivity contribution >= 4 is 5.69 Å². The summed E-state index contributed by atoms with van der Waals surface area (Å²) in [6.45, 7) is 0.394. The highest BCUT2D eigenvalue weighted by molar-refractivity contribution is 5.44. The normalized spacial score (nSPS) is 9.79. The van der Waals surface area contributed by atoms with Crippen LogP contribution in [0.2, 0.25) is 0 Å². The van der Waals surface area contributed by atoms with E-state index in [1.165, 1.54) is 0 Å². The fourth-order valence-corrected chi connectivity index (χ4v) is 1.08. The lowest BCUT2D eigenvalue weighted by molar-refractivity contribution is -0.496. The minimum atomic E-state index is -0.365. The molecule has 0 amide bonds. The Kier molecular flexibility index (Phi) is 3.87. The summed E-state index contributed by atoms with van der Waals surface area (Å²) in [6.07, 6.45) is 0. The van der Waals surface area contributed by atoms with Crippen LogP contribution in [0.4, 0.5) is 5.69 Å². The zero-order valence-corrected chi connectivity index (χ0v) is 7.64. The van der Waals surface area contributed by atoms with Gasteiger partial charge in [0.1, 0.15) is 0 Å². The first-order chi connectivity index (χ1) is 6.72. The van der Waals surface area contributed by atoms with Crippen LogP contribution in [0, 0.1) is 10.1 Å². The number of nitro groups is 1. The number of nitrogens with one attached hydrogen (secondary N) is 1. The standard InChI is InChI=1S/C9H12N2O3/c12-6-5-10-9-3-1-8(2-4-9)7-11(13)14/h1-4,10,12H,5-7H2. The van der Waals surface area contributed by atoms with Crippen LogP contribution in [0.15, 0.2) is 24.3 Å². The third kappa shape index (κ3) is 3.40. The second-order valence-corrected chi connectivity index (χ2v) is 2.84. The molecule has 0 atom stereocenters. The van der Waals surface area contributed by atoms with E-state index >= 15 is 0 Å². The predicted molar refractivity (Wildman–Crippen MR) is 52.7 cm³/mol. The number of nitrogens with zero attached hydrogens (tertiary/aromatic N) is 1. The Morgan fingerprint density at radius 2 is 2.00 bits per heavy atom. The van der Waals surface area contributed by atoms with Crippen LogP contribution in [0.1, 0.15) is 5.56 Å². The number of anilines is 1. The van der Waals surface area contributed by atoms with Gasteiger partial charge >= 0.3 is 0 Å². The van der Waals surface area contributed by atoms with Crippen LogP contribution in [0.25, 0.3) is 0 Å². The van der Waals surface area contributed by atoms with Crippen molar-refractivity contribution in [1.29, 1.82) is 0 Å². The Labute approximate surface area is 81.5 Å². The van der Waals surface area contributed by atoms with Crippen molar-refractivity contribution in [2.75, 3.05) is 18.5 Å². The number of aliphatic hydroxyl groups is 1. The van der Waals surface area contributed by atoms with E-state index in [1.54, 1.807) is 24.3 Å². The molecular formula is C9H12N2O3. The molecule has 76 valence electrons. The Morgan fingerprint density at radius 1 is 1.36 bits per heavy atom. The molecule has 14 heavy (non-hydrogen) atoms. The minimum Gasteiger partial charge on any atom is -0.395 e. The van der Waals surface area contributed by atoms with Crippen molar-refractivity contribution in [3.8, 4) is 0 Å². The molecule has 1 aromatic carbocycles. The van der Waals surface area contributed by atoms with Crippen molar-refractivity contribution < 1.29 is 10.0 Å². The Hall–Kier alpha value is -1.62. The highest BCUT2D eigenvalue weighted by atomic mass is 16.6. The topological polar surface area (TPSA) is 75.4 Å². The fourth-order valence-electron chi connectivity index (χ4n) is 1.08. The average molecular weight is 196 g/mol. The molecule has 0 fully saturated rings. The summed E-state index contributed by atoms with van der Waals surface area (Å²) in [5.41, 5.74) is 1.52. The second-order valence-electron chi connectivity index (χ2n) is 2.84. The van der Waals surface area contributed by atoms with Gasteiger partial charge in [-0.3, -0.25) is 10.1 Å². The van der Waals surface area contributed by atoms with Gasteiger partial charge in [0.2, 0.25) is 6.54 Å². The first kappa shape index (κ1) is 10.5. The van der Waals surface area contributed by atoms with Gasteiger partial charge in [-0.25, -0.2) is 0 Å². The maximum absolute atomic E-state index is 10.2. The van der Waals surface area contributed by atoms with Gasteiger partial charge in [0.15, 0.2) is 0 Å². The molecule has 0 heterocycles. The smallest absolute Gasteiger partial charge is 0.228 e. The molecule has 0 saturated carbocycles. The molecule has 5 heteroatoms. The third-order valence-corrected chi connectivity index (χ3v) is 1.71. The second kappa shape index (κ2) is 5.18. The van der Waals surface area contributed by atoms with Gasteiger partial charge in [0, 0.05) is 22.7 Å². The van der Waals surface area contributed by atoms with E-state index in [9.17, 15) is 10.1 Å². The van der Waals surface area contributed by atoms with Crippen LogP contribution in [-0.2, 0) is 6.54 Å². The van der Waals surface area contributed by atoms with Gasteiger partial charge in [-0.2, -0.15) is 0 Å². The van der Waals surface area contributed by atoms with E-state index < -0.39 is 0 Å². The summed E-state index contributed by atoms with van der Waals surface area (Å²) in [4.78, 5) is 9.82. The van der Waals surface area contributed by atoms with Crippen LogP contribution in [-0.4, -0.2) is 23.2 Å². The Balaban J connectivity index is 2.54. The predicted octanol–water partition coefficient (Wildman–Crippen LogP) is 0.867. The van der Waals surface area contributed by atoms with E-state index in [0.29, 0.717) is 12.1 Å². The number of benzene rings is 1. The molecule has 5 nitrogen and oxygen atoms in total. The molecule has 0 unspecified atom stereocenters. The molecule has 1 aromatic rings. The molecule has 0 spiro atoms. The van der Waals surface area contributed by atoms with Crippen molar-refractivity contribution in [3.05, 3.63) is 39.9 Å². The molecule has 0 aliphatic heterocycles. The first-order valence-corrected chi connectivity index (χ1v) is 4.28. The van der Waals surface area contributed by atoms with E-state index in [1.807, 2.05) is 0 Å². The van der Waals surface area contributed by atoms with E-state index in [-0.39, 0.29) is 18.1 Å². The van der Waals surface area contributed by atoms with Crippen LogP contribution >= 0.6 is 0 Å². The molecule has 2 N–H and O–H groups in total. The molecule has 1 rings (SSSR count). The van der Waals surface area contributed by atoms with Gasteiger partial charge in [0.05, 0.1) is 6.61 Å². The lowest BCUT2D eigenvalue weighted by Crippen LogP contribution is -2.05. The number of rotatable bonds is 5. The maximum Gasteiger partial charge on any atom is 0.228 e. The molecule has 0 aliphatic rings. The monoisotopic (exact) mass is 196 g/mol. The van der Waals surface area contributed by atoms with Crippen LogP contribution in [0.5, 0.6) is 0 Å². The van der Waals surface area contributed by atoms with Crippen LogP contribution in [0.3, 0.4) is 0 Å². The first-order valence-electron chi connectivity index (χ1n) is 4.28. The summed E-state index contributed by atoms with van der Waals surface area (Å²) < 4.78 is 0. The van der Waals surface area contributed by atoms with Crippen molar-refractivity contribution in [1.82, 2.24) is 0 Å². The molecule has 0 bridgehead atoms. The lowest BCUT2D eigenvalue weighted by Gasteiger charge is -2.03. The molecular weight excluding hydrogens is 184 g/mol. The SMILES string of the molecule is O=[N+]([O-])Cc1ccc(NCCO)cc1. The number of aliphatic hydroxyl groups excluding tert-OH is 1. The molecule has 0 aliphatic carbocycles. The highest BCUT2D eigenvalue weighted by Crippen LogP contribution is 2.09. The fraction of sp³-hybridized carbons (Fsp3) is 0.333. The Bertz CT molecular complexity index is 297. The van der Waals surface area contributed by atoms with Gasteiger partial charge in [-0.05, 0) is 12.1 Å². The largest absolute Gasteiger partial charge is 0.395 e. The van der Waals surface area contributed by atoms with Crippen molar-refractivity contribution in [2.24, 2.45) is 0 Å². The van der Waals surface area contributed by atoms with Crippen LogP contribution < -0.4 is 5.32 Å². The van der Waals surface area contributed by atoms with Gasteiger partial charge in [-0.15, -0.1) is 0 Å². The summed E-state index contributed by atoms with van der Waals surface area (Å²) in [5.74, 6) is 0. The van der Waals surface area contributed by atoms with Gasteiger partial charge in [-0.1, -0.05) is 12.1 Å². The molecule has 0 saturated heterocycles. The van der Waals surface area contributed by atoms with Gasteiger partial charge in [0.25, 0.3) is 0 Å². The van der Waals surface area contributed by atoms with Crippen molar-refractivity contribution in [2.45, 2.75) is 6.54 Å². The number of hydrogen-bond donors (Lipinski definition) is 2. The summed E-state index contributed by atoms with van der Waals surface area (Å²) in [7, 11) is 0. The number of hydrogen-bond acceptors (Lipinski definition) is 4. The zero-order valence-electron chi connectivity index (χ0n) is 7.64. The summed E-state index contributed by atoms with van der Waals surface area (Å²) in [5, 5.41) is 21.7. The quantitative estimate of drug-likeness (QED) is 0.541.